The molecule has 1 N–H and O–H groups in total. The normalized spacial score (nSPS) is 20.6. The largest absolute Gasteiger partial charge is 0.507 e. The molecule has 2 fully saturated rings. The molecule has 0 spiro atoms. The Kier molecular flexibility index (Phi) is 7.88. The van der Waals surface area contributed by atoms with Gasteiger partial charge < -0.3 is 19.5 Å². The molecule has 2 aliphatic heterocycles. The molecule has 1 amide bonds. The maximum Gasteiger partial charge on any atom is 0.295 e. The van der Waals surface area contributed by atoms with Gasteiger partial charge in [-0.1, -0.05) is 42.0 Å². The first-order chi connectivity index (χ1) is 16.8. The molecule has 2 aromatic carbocycles. The van der Waals surface area contributed by atoms with E-state index >= 15 is 0 Å². The van der Waals surface area contributed by atoms with E-state index < -0.39 is 17.7 Å². The SMILES string of the molecule is Cc1ccc(/C(O)=C2\C(=O)C(=O)N(CCCN3CCOCC3)[C@H]2c2ccc(OC(C)C)cc2)cc1. The Labute approximate surface area is 206 Å². The van der Waals surface area contributed by atoms with Crippen molar-refractivity contribution in [2.45, 2.75) is 39.3 Å². The molecular weight excluding hydrogens is 444 g/mol. The number of morpholine rings is 1. The zero-order valence-corrected chi connectivity index (χ0v) is 20.7. The highest BCUT2D eigenvalue weighted by molar-refractivity contribution is 6.46. The van der Waals surface area contributed by atoms with E-state index in [-0.39, 0.29) is 17.4 Å². The van der Waals surface area contributed by atoms with E-state index in [0.29, 0.717) is 31.1 Å². The van der Waals surface area contributed by atoms with Crippen molar-refractivity contribution in [2.24, 2.45) is 0 Å². The molecule has 2 aromatic rings. The highest BCUT2D eigenvalue weighted by atomic mass is 16.5. The van der Waals surface area contributed by atoms with E-state index in [2.05, 4.69) is 4.90 Å². The van der Waals surface area contributed by atoms with Crippen molar-refractivity contribution in [3.05, 3.63) is 70.8 Å². The predicted molar refractivity (Wildman–Crippen MR) is 134 cm³/mol. The van der Waals surface area contributed by atoms with Crippen LogP contribution in [0, 0.1) is 6.92 Å². The zero-order chi connectivity index (χ0) is 24.9. The van der Waals surface area contributed by atoms with Crippen LogP contribution in [0.2, 0.25) is 0 Å². The Balaban J connectivity index is 1.66. The second-order valence-electron chi connectivity index (χ2n) is 9.40. The summed E-state index contributed by atoms with van der Waals surface area (Å²) < 4.78 is 11.2. The third-order valence-corrected chi connectivity index (χ3v) is 6.41. The number of nitrogens with zero attached hydrogens (tertiary/aromatic N) is 2. The van der Waals surface area contributed by atoms with Crippen molar-refractivity contribution in [1.82, 2.24) is 9.80 Å². The van der Waals surface area contributed by atoms with Crippen LogP contribution in [0.3, 0.4) is 0 Å². The second kappa shape index (κ2) is 11.1. The molecule has 0 aliphatic carbocycles. The number of carbonyl (C=O) groups excluding carboxylic acids is 2. The lowest BCUT2D eigenvalue weighted by Gasteiger charge is -2.29. The monoisotopic (exact) mass is 478 g/mol. The number of ketones is 1. The van der Waals surface area contributed by atoms with Crippen molar-refractivity contribution in [3.63, 3.8) is 0 Å². The molecule has 4 rings (SSSR count). The van der Waals surface area contributed by atoms with Gasteiger partial charge in [0.25, 0.3) is 11.7 Å². The standard InChI is InChI=1S/C28H34N2O5/c1-19(2)35-23-11-9-21(10-12-23)25-24(26(31)22-7-5-20(3)6-8-22)27(32)28(33)30(25)14-4-13-29-15-17-34-18-16-29/h5-12,19,25,31H,4,13-18H2,1-3H3/b26-24+/t25-/m0/s1. The number of benzene rings is 2. The molecule has 0 unspecified atom stereocenters. The summed E-state index contributed by atoms with van der Waals surface area (Å²) in [6.07, 6.45) is 0.760. The first kappa shape index (κ1) is 24.9. The minimum atomic E-state index is -0.658. The topological polar surface area (TPSA) is 79.3 Å². The van der Waals surface area contributed by atoms with Crippen molar-refractivity contribution in [1.29, 1.82) is 0 Å². The first-order valence-corrected chi connectivity index (χ1v) is 12.3. The third-order valence-electron chi connectivity index (χ3n) is 6.41. The van der Waals surface area contributed by atoms with Crippen molar-refractivity contribution < 1.29 is 24.2 Å². The van der Waals surface area contributed by atoms with Crippen LogP contribution >= 0.6 is 0 Å². The van der Waals surface area contributed by atoms with Gasteiger partial charge in [0.05, 0.1) is 30.9 Å². The van der Waals surface area contributed by atoms with Crippen LogP contribution in [0.1, 0.15) is 43.0 Å². The molecule has 2 saturated heterocycles. The number of likely N-dealkylation sites (tertiary alicyclic amines) is 1. The van der Waals surface area contributed by atoms with Gasteiger partial charge in [0.2, 0.25) is 0 Å². The van der Waals surface area contributed by atoms with Gasteiger partial charge >= 0.3 is 0 Å². The summed E-state index contributed by atoms with van der Waals surface area (Å²) in [5, 5.41) is 11.2. The number of hydrogen-bond donors (Lipinski definition) is 1. The fourth-order valence-electron chi connectivity index (χ4n) is 4.61. The number of aliphatic hydroxyl groups excluding tert-OH is 1. The fourth-order valence-corrected chi connectivity index (χ4v) is 4.61. The summed E-state index contributed by atoms with van der Waals surface area (Å²) in [5.74, 6) is -0.659. The number of aryl methyl sites for hydroxylation is 1. The van der Waals surface area contributed by atoms with Crippen LogP contribution in [0.25, 0.3) is 5.76 Å². The molecule has 186 valence electrons. The third kappa shape index (κ3) is 5.74. The van der Waals surface area contributed by atoms with E-state index in [1.165, 1.54) is 0 Å². The van der Waals surface area contributed by atoms with Crippen LogP contribution in [0.5, 0.6) is 5.75 Å². The average molecular weight is 479 g/mol. The van der Waals surface area contributed by atoms with E-state index in [4.69, 9.17) is 9.47 Å². The molecule has 1 atom stereocenters. The lowest BCUT2D eigenvalue weighted by atomic mass is 9.95. The fraction of sp³-hybridized carbons (Fsp3) is 0.429. The van der Waals surface area contributed by atoms with Crippen molar-refractivity contribution in [3.8, 4) is 5.75 Å². The minimum absolute atomic E-state index is 0.0354. The highest BCUT2D eigenvalue weighted by Gasteiger charge is 2.45. The number of carbonyl (C=O) groups is 2. The molecule has 35 heavy (non-hydrogen) atoms. The Hall–Kier alpha value is -3.16. The predicted octanol–water partition coefficient (Wildman–Crippen LogP) is 3.93. The Morgan fingerprint density at radius 1 is 1.03 bits per heavy atom. The van der Waals surface area contributed by atoms with E-state index in [0.717, 1.165) is 37.2 Å². The van der Waals surface area contributed by atoms with Gasteiger partial charge in [-0.3, -0.25) is 14.5 Å². The van der Waals surface area contributed by atoms with Crippen LogP contribution in [0.4, 0.5) is 0 Å². The lowest BCUT2D eigenvalue weighted by molar-refractivity contribution is -0.140. The van der Waals surface area contributed by atoms with Gasteiger partial charge in [0, 0.05) is 31.7 Å². The van der Waals surface area contributed by atoms with Crippen LogP contribution in [-0.4, -0.2) is 72.1 Å². The van der Waals surface area contributed by atoms with Crippen LogP contribution < -0.4 is 4.74 Å². The molecule has 7 heteroatoms. The van der Waals surface area contributed by atoms with Gasteiger partial charge in [-0.2, -0.15) is 0 Å². The zero-order valence-electron chi connectivity index (χ0n) is 20.7. The number of hydrogen-bond acceptors (Lipinski definition) is 6. The molecule has 7 nitrogen and oxygen atoms in total. The van der Waals surface area contributed by atoms with Crippen LogP contribution in [-0.2, 0) is 14.3 Å². The summed E-state index contributed by atoms with van der Waals surface area (Å²) in [5.41, 5.74) is 2.46. The average Bonchev–Trinajstić information content (AvgIpc) is 3.10. The maximum absolute atomic E-state index is 13.2. The number of aliphatic hydroxyl groups is 1. The Morgan fingerprint density at radius 2 is 1.69 bits per heavy atom. The molecule has 0 aromatic heterocycles. The maximum atomic E-state index is 13.2. The number of amides is 1. The smallest absolute Gasteiger partial charge is 0.295 e. The summed E-state index contributed by atoms with van der Waals surface area (Å²) in [7, 11) is 0. The van der Waals surface area contributed by atoms with E-state index in [9.17, 15) is 14.7 Å². The number of ether oxygens (including phenoxy) is 2. The van der Waals surface area contributed by atoms with Gasteiger partial charge in [0.1, 0.15) is 11.5 Å². The van der Waals surface area contributed by atoms with Crippen molar-refractivity contribution in [2.75, 3.05) is 39.4 Å². The van der Waals surface area contributed by atoms with E-state index in [1.54, 1.807) is 17.0 Å². The van der Waals surface area contributed by atoms with Gasteiger partial charge in [-0.15, -0.1) is 0 Å². The van der Waals surface area contributed by atoms with Crippen LogP contribution in [0.15, 0.2) is 54.1 Å². The first-order valence-electron chi connectivity index (χ1n) is 12.3. The molecular formula is C28H34N2O5. The molecule has 0 bridgehead atoms. The molecule has 2 heterocycles. The van der Waals surface area contributed by atoms with Gasteiger partial charge in [-0.25, -0.2) is 0 Å². The number of Topliss-reactive ketones (excluding diaryl/α,β-unsaturated/α-hetero) is 1. The Morgan fingerprint density at radius 3 is 2.31 bits per heavy atom. The summed E-state index contributed by atoms with van der Waals surface area (Å²) in [6, 6.07) is 14.1. The lowest BCUT2D eigenvalue weighted by Crippen LogP contribution is -2.38. The quantitative estimate of drug-likeness (QED) is 0.352. The second-order valence-corrected chi connectivity index (χ2v) is 9.40. The summed E-state index contributed by atoms with van der Waals surface area (Å²) >= 11 is 0. The van der Waals surface area contributed by atoms with E-state index in [1.807, 2.05) is 57.2 Å². The number of rotatable bonds is 8. The summed E-state index contributed by atoms with van der Waals surface area (Å²) in [4.78, 5) is 30.3. The molecule has 0 saturated carbocycles. The molecule has 2 aliphatic rings. The molecule has 0 radical (unpaired) electrons. The van der Waals surface area contributed by atoms with Gasteiger partial charge in [0.15, 0.2) is 0 Å². The van der Waals surface area contributed by atoms with Crippen molar-refractivity contribution >= 4 is 17.4 Å². The Bertz CT molecular complexity index is 1070. The minimum Gasteiger partial charge on any atom is -0.507 e. The highest BCUT2D eigenvalue weighted by Crippen LogP contribution is 2.40. The van der Waals surface area contributed by atoms with Gasteiger partial charge in [-0.05, 0) is 44.9 Å². The summed E-state index contributed by atoms with van der Waals surface area (Å²) in [6.45, 7) is 10.3.